The average molecular weight is 516 g/mol. The molecule has 4 rings (SSSR count). The molecule has 184 valence electrons. The minimum atomic E-state index is -4.06. The van der Waals surface area contributed by atoms with Crippen molar-refractivity contribution in [2.24, 2.45) is 4.99 Å². The minimum Gasteiger partial charge on any atom is -0.468 e. The van der Waals surface area contributed by atoms with Gasteiger partial charge in [-0.3, -0.25) is 14.4 Å². The van der Waals surface area contributed by atoms with E-state index in [4.69, 9.17) is 4.74 Å². The molecular weight excluding hydrogens is 490 g/mol. The number of sulfone groups is 1. The maximum atomic E-state index is 12.8. The molecule has 0 N–H and O–H groups in total. The minimum absolute atomic E-state index is 0.175. The predicted octanol–water partition coefficient (Wildman–Crippen LogP) is 2.01. The van der Waals surface area contributed by atoms with Gasteiger partial charge in [0.15, 0.2) is 14.6 Å². The number of methoxy groups -OCH3 is 1. The van der Waals surface area contributed by atoms with Gasteiger partial charge in [0, 0.05) is 12.2 Å². The van der Waals surface area contributed by atoms with E-state index in [2.05, 4.69) is 4.99 Å². The van der Waals surface area contributed by atoms with E-state index in [0.29, 0.717) is 17.7 Å². The van der Waals surface area contributed by atoms with Crippen LogP contribution in [0.15, 0.2) is 47.5 Å². The lowest BCUT2D eigenvalue weighted by atomic mass is 10.0. The van der Waals surface area contributed by atoms with Gasteiger partial charge in [0.2, 0.25) is 5.91 Å². The maximum Gasteiger partial charge on any atom is 0.325 e. The Morgan fingerprint density at radius 2 is 1.89 bits per heavy atom. The van der Waals surface area contributed by atoms with Crippen LogP contribution in [0.1, 0.15) is 17.5 Å². The number of thiazole rings is 1. The van der Waals surface area contributed by atoms with Crippen LogP contribution in [-0.4, -0.2) is 55.9 Å². The van der Waals surface area contributed by atoms with E-state index in [9.17, 15) is 22.8 Å². The summed E-state index contributed by atoms with van der Waals surface area (Å²) in [6.07, 6.45) is 1.56. The fraction of sp³-hybridized carbons (Fsp3) is 0.333. The SMILES string of the molecule is COC(=O)Cn1c(=NC(=O)CS(=O)(=O)CC(=O)N2CCCc3ccccc32)sc2cc(C)ccc21. The summed E-state index contributed by atoms with van der Waals surface area (Å²) < 4.78 is 32.5. The second-order valence-corrected chi connectivity index (χ2v) is 11.4. The second-order valence-electron chi connectivity index (χ2n) is 8.33. The van der Waals surface area contributed by atoms with Crippen molar-refractivity contribution in [2.45, 2.75) is 26.3 Å². The molecule has 11 heteroatoms. The Bertz CT molecular complexity index is 1490. The number of aryl methyl sites for hydroxylation is 2. The van der Waals surface area contributed by atoms with Gasteiger partial charge in [-0.1, -0.05) is 35.6 Å². The summed E-state index contributed by atoms with van der Waals surface area (Å²) in [5.41, 5.74) is 3.37. The Hall–Kier alpha value is -3.31. The molecule has 0 bridgehead atoms. The number of anilines is 1. The third-order valence-corrected chi connectivity index (χ3v) is 8.09. The predicted molar refractivity (Wildman–Crippen MR) is 133 cm³/mol. The third-order valence-electron chi connectivity index (χ3n) is 5.67. The number of fused-ring (bicyclic) bond motifs is 2. The van der Waals surface area contributed by atoms with Crippen LogP contribution in [0.2, 0.25) is 0 Å². The number of esters is 1. The van der Waals surface area contributed by atoms with Gasteiger partial charge in [0.25, 0.3) is 5.91 Å². The highest BCUT2D eigenvalue weighted by Gasteiger charge is 2.28. The zero-order valence-electron chi connectivity index (χ0n) is 19.4. The lowest BCUT2D eigenvalue weighted by Gasteiger charge is -2.29. The number of amides is 2. The van der Waals surface area contributed by atoms with Crippen molar-refractivity contribution in [2.75, 3.05) is 30.1 Å². The van der Waals surface area contributed by atoms with Gasteiger partial charge >= 0.3 is 5.97 Å². The number of ether oxygens (including phenoxy) is 1. The molecule has 0 unspecified atom stereocenters. The van der Waals surface area contributed by atoms with Gasteiger partial charge in [-0.15, -0.1) is 0 Å². The highest BCUT2D eigenvalue weighted by molar-refractivity contribution is 7.92. The van der Waals surface area contributed by atoms with E-state index in [1.54, 1.807) is 18.2 Å². The van der Waals surface area contributed by atoms with Crippen LogP contribution in [0.25, 0.3) is 10.2 Å². The number of aromatic nitrogens is 1. The summed E-state index contributed by atoms with van der Waals surface area (Å²) in [4.78, 5) is 43.0. The number of rotatable bonds is 6. The van der Waals surface area contributed by atoms with Crippen molar-refractivity contribution >= 4 is 54.9 Å². The largest absolute Gasteiger partial charge is 0.468 e. The number of hydrogen-bond acceptors (Lipinski definition) is 7. The smallest absolute Gasteiger partial charge is 0.325 e. The normalized spacial score (nSPS) is 14.1. The molecule has 3 aromatic rings. The molecule has 1 aliphatic heterocycles. The van der Waals surface area contributed by atoms with Crippen LogP contribution >= 0.6 is 11.3 Å². The molecule has 0 atom stereocenters. The molecule has 35 heavy (non-hydrogen) atoms. The topological polar surface area (TPSA) is 115 Å². The molecule has 2 amide bonds. The average Bonchev–Trinajstić information content (AvgIpc) is 3.13. The van der Waals surface area contributed by atoms with Gasteiger partial charge in [-0.05, 0) is 49.1 Å². The monoisotopic (exact) mass is 515 g/mol. The van der Waals surface area contributed by atoms with Crippen molar-refractivity contribution in [1.82, 2.24) is 4.57 Å². The first-order valence-electron chi connectivity index (χ1n) is 11.0. The van der Waals surface area contributed by atoms with E-state index in [1.807, 2.05) is 31.2 Å². The van der Waals surface area contributed by atoms with Crippen molar-refractivity contribution < 1.29 is 27.5 Å². The quantitative estimate of drug-likeness (QED) is 0.464. The number of carbonyl (C=O) groups is 3. The molecule has 1 aliphatic rings. The number of hydrogen-bond donors (Lipinski definition) is 0. The summed E-state index contributed by atoms with van der Waals surface area (Å²) in [5, 5.41) is 0. The highest BCUT2D eigenvalue weighted by Crippen LogP contribution is 2.27. The molecular formula is C24H25N3O6S2. The number of carbonyl (C=O) groups excluding carboxylic acids is 3. The van der Waals surface area contributed by atoms with Gasteiger partial charge in [0.1, 0.15) is 18.1 Å². The fourth-order valence-electron chi connectivity index (χ4n) is 4.05. The Labute approximate surface area is 206 Å². The Morgan fingerprint density at radius 1 is 1.11 bits per heavy atom. The van der Waals surface area contributed by atoms with Crippen molar-refractivity contribution in [3.05, 3.63) is 58.4 Å². The van der Waals surface area contributed by atoms with E-state index in [-0.39, 0.29) is 11.3 Å². The molecule has 0 spiro atoms. The number of benzene rings is 2. The lowest BCUT2D eigenvalue weighted by Crippen LogP contribution is -2.40. The number of nitrogens with zero attached hydrogens (tertiary/aromatic N) is 3. The Kier molecular flexibility index (Phi) is 7.18. The van der Waals surface area contributed by atoms with Crippen LogP contribution in [0, 0.1) is 6.92 Å². The van der Waals surface area contributed by atoms with Gasteiger partial charge in [0.05, 0.1) is 17.3 Å². The van der Waals surface area contributed by atoms with Gasteiger partial charge in [-0.2, -0.15) is 4.99 Å². The van der Waals surface area contributed by atoms with Crippen molar-refractivity contribution in [3.63, 3.8) is 0 Å². The summed E-state index contributed by atoms with van der Waals surface area (Å²) in [6.45, 7) is 2.17. The maximum absolute atomic E-state index is 12.8. The molecule has 0 saturated heterocycles. The standard InChI is InChI=1S/C24H25N3O6S2/c1-16-9-10-19-20(12-16)34-24(27(19)13-23(30)33-2)25-21(28)14-35(31,32)15-22(29)26-11-5-7-17-6-3-4-8-18(17)26/h3-4,6,8-10,12H,5,7,11,13-15H2,1-2H3. The molecule has 1 aromatic heterocycles. The first-order valence-corrected chi connectivity index (χ1v) is 13.6. The molecule has 0 radical (unpaired) electrons. The second kappa shape index (κ2) is 10.1. The summed E-state index contributed by atoms with van der Waals surface area (Å²) >= 11 is 1.17. The first kappa shape index (κ1) is 24.8. The molecule has 2 heterocycles. The van der Waals surface area contributed by atoms with Crippen LogP contribution in [0.5, 0.6) is 0 Å². The molecule has 0 saturated carbocycles. The van der Waals surface area contributed by atoms with Crippen LogP contribution in [-0.2, 0) is 41.9 Å². The van der Waals surface area contributed by atoms with Crippen LogP contribution in [0.4, 0.5) is 5.69 Å². The third kappa shape index (κ3) is 5.68. The highest BCUT2D eigenvalue weighted by atomic mass is 32.2. The lowest BCUT2D eigenvalue weighted by molar-refractivity contribution is -0.141. The van der Waals surface area contributed by atoms with Gasteiger partial charge < -0.3 is 14.2 Å². The van der Waals surface area contributed by atoms with E-state index >= 15 is 0 Å². The van der Waals surface area contributed by atoms with Crippen LogP contribution < -0.4 is 9.70 Å². The molecule has 2 aromatic carbocycles. The molecule has 0 aliphatic carbocycles. The summed E-state index contributed by atoms with van der Waals surface area (Å²) in [6, 6.07) is 13.0. The van der Waals surface area contributed by atoms with E-state index in [1.165, 1.54) is 27.9 Å². The Morgan fingerprint density at radius 3 is 2.66 bits per heavy atom. The summed E-state index contributed by atoms with van der Waals surface area (Å²) in [5.74, 6) is -3.68. The zero-order valence-corrected chi connectivity index (χ0v) is 21.0. The van der Waals surface area contributed by atoms with Crippen LogP contribution in [0.3, 0.4) is 0 Å². The van der Waals surface area contributed by atoms with E-state index in [0.717, 1.165) is 28.7 Å². The van der Waals surface area contributed by atoms with E-state index < -0.39 is 39.1 Å². The molecule has 0 fully saturated rings. The van der Waals surface area contributed by atoms with Gasteiger partial charge in [-0.25, -0.2) is 8.42 Å². The van der Waals surface area contributed by atoms with Crippen molar-refractivity contribution in [1.29, 1.82) is 0 Å². The Balaban J connectivity index is 1.56. The zero-order chi connectivity index (χ0) is 25.2. The first-order chi connectivity index (χ1) is 16.7. The molecule has 9 nitrogen and oxygen atoms in total. The number of para-hydroxylation sites is 1. The van der Waals surface area contributed by atoms with Crippen molar-refractivity contribution in [3.8, 4) is 0 Å². The summed E-state index contributed by atoms with van der Waals surface area (Å²) in [7, 11) is -2.80. The fourth-order valence-corrected chi connectivity index (χ4v) is 6.27.